The summed E-state index contributed by atoms with van der Waals surface area (Å²) in [6.45, 7) is 6.56. The van der Waals surface area contributed by atoms with Crippen LogP contribution in [0.5, 0.6) is 0 Å². The summed E-state index contributed by atoms with van der Waals surface area (Å²) in [4.78, 5) is 63.3. The molecule has 0 aliphatic heterocycles. The number of urea groups is 1. The summed E-state index contributed by atoms with van der Waals surface area (Å²) in [7, 11) is 0. The van der Waals surface area contributed by atoms with Gasteiger partial charge in [0.05, 0.1) is 17.0 Å². The van der Waals surface area contributed by atoms with Gasteiger partial charge < -0.3 is 36.5 Å². The van der Waals surface area contributed by atoms with Crippen molar-refractivity contribution in [1.82, 2.24) is 16.0 Å². The fraction of sp³-hybridized carbons (Fsp3) is 0.370. The Bertz CT molecular complexity index is 1100. The van der Waals surface area contributed by atoms with Crippen molar-refractivity contribution in [3.05, 3.63) is 69.8 Å². The molecule has 0 aliphatic rings. The van der Waals surface area contributed by atoms with Crippen LogP contribution in [0.25, 0.3) is 0 Å². The minimum atomic E-state index is -0.565. The van der Waals surface area contributed by atoms with Crippen LogP contribution in [0.1, 0.15) is 56.0 Å². The number of non-ortho nitro benzene ring substituents is 1. The first kappa shape index (κ1) is 38.1. The molecule has 0 spiro atoms. The van der Waals surface area contributed by atoms with E-state index in [2.05, 4.69) is 35.1 Å². The molecule has 5 amide bonds. The van der Waals surface area contributed by atoms with Crippen molar-refractivity contribution >= 4 is 42.1 Å². The molecule has 0 fully saturated rings. The summed E-state index contributed by atoms with van der Waals surface area (Å²) in [5.74, 6) is -0.830. The Hall–Kier alpha value is -6.01. The van der Waals surface area contributed by atoms with Crippen LogP contribution in [0, 0.1) is 10.1 Å². The first-order valence-corrected chi connectivity index (χ1v) is 12.7. The maximum Gasteiger partial charge on any atom is 0.338 e. The Kier molecular flexibility index (Phi) is 20.8. The maximum atomic E-state index is 11.8. The van der Waals surface area contributed by atoms with E-state index in [1.165, 1.54) is 37.1 Å². The van der Waals surface area contributed by atoms with Crippen LogP contribution < -0.4 is 27.0 Å². The summed E-state index contributed by atoms with van der Waals surface area (Å²) in [6.07, 6.45) is 4.68. The van der Waals surface area contributed by atoms with E-state index in [4.69, 9.17) is 10.5 Å². The Morgan fingerprint density at radius 3 is 2.19 bits per heavy atom. The largest absolute Gasteiger partial charge is 0.522 e. The quantitative estimate of drug-likeness (QED) is 0.0363. The summed E-state index contributed by atoms with van der Waals surface area (Å²) >= 11 is 0. The zero-order valence-corrected chi connectivity index (χ0v) is 26.0. The monoisotopic (exact) mass is 830 g/mol. The number of benzene rings is 2. The van der Waals surface area contributed by atoms with E-state index in [0.29, 0.717) is 18.6 Å². The number of hydrogen-bond donors (Lipinski definition) is 5. The molecule has 2 rings (SSSR count). The number of nitrogens with one attached hydrogen (secondary N) is 4. The fourth-order valence-electron chi connectivity index (χ4n) is 2.85. The summed E-state index contributed by atoms with van der Waals surface area (Å²) in [5.41, 5.74) is 6.43. The Morgan fingerprint density at radius 2 is 1.69 bits per heavy atom. The minimum absolute atomic E-state index is 0. The third kappa shape index (κ3) is 18.3. The van der Waals surface area contributed by atoms with Gasteiger partial charge >= 0.3 is 12.0 Å². The molecule has 2 aromatic rings. The van der Waals surface area contributed by atoms with E-state index in [0.717, 1.165) is 18.4 Å². The Balaban J connectivity index is 0. The molecule has 0 heterocycles. The molecule has 0 radical (unpaired) electrons. The van der Waals surface area contributed by atoms with Gasteiger partial charge in [0.15, 0.2) is 0 Å². The normalized spacial score (nSPS) is 9.88. The molecule has 15 heteroatoms. The van der Waals surface area contributed by atoms with E-state index in [-0.39, 0.29) is 36.4 Å². The van der Waals surface area contributed by atoms with Gasteiger partial charge in [-0.25, -0.2) is 9.59 Å². The molecule has 0 saturated carbocycles. The van der Waals surface area contributed by atoms with Crippen molar-refractivity contribution in [2.75, 3.05) is 18.4 Å². The smallest absolute Gasteiger partial charge is 0.338 e. The van der Waals surface area contributed by atoms with E-state index >= 15 is 0 Å². The van der Waals surface area contributed by atoms with Gasteiger partial charge in [0.2, 0.25) is 12.3 Å². The van der Waals surface area contributed by atoms with Gasteiger partial charge in [-0.2, -0.15) is 6.41 Å². The number of nitro benzene ring substituents is 1. The molecule has 0 bridgehead atoms. The number of rotatable bonds is 14. The van der Waals surface area contributed by atoms with E-state index in [1.807, 2.05) is 6.92 Å². The summed E-state index contributed by atoms with van der Waals surface area (Å²) < 4.78 is 5.12. The number of nitrogens with zero attached hydrogens (tertiary/aromatic N) is 1. The van der Waals surface area contributed by atoms with Gasteiger partial charge in [-0.1, -0.05) is 32.4 Å². The van der Waals surface area contributed by atoms with Crippen molar-refractivity contribution in [1.29, 1.82) is 0 Å². The van der Waals surface area contributed by atoms with Gasteiger partial charge in [0.25, 0.3) is 5.69 Å². The number of primary amides is 1. The predicted molar refractivity (Wildman–Crippen MR) is 152 cm³/mol. The molecule has 42 heavy (non-hydrogen) atoms. The second-order valence-electron chi connectivity index (χ2n) is 8.40. The SMILES string of the molecule is CC(CCCNC(N)=O)NC(=O)CN[C-]=O.CCC.O=CNc1ccc(COC(=O)c2ccc([N+](=O)[O-])cc2)cc1.[Fm]. The van der Waals surface area contributed by atoms with E-state index < -0.39 is 16.9 Å². The third-order valence-electron chi connectivity index (χ3n) is 4.70. The molecule has 6 N–H and O–H groups in total. The number of hydrogen-bond acceptors (Lipinski definition) is 8. The minimum Gasteiger partial charge on any atom is -0.522 e. The average molecular weight is 831 g/mol. The van der Waals surface area contributed by atoms with Crippen LogP contribution in [0.2, 0.25) is 0 Å². The molecule has 1 unspecified atom stereocenters. The van der Waals surface area contributed by atoms with E-state index in [1.54, 1.807) is 24.3 Å². The number of anilines is 1. The van der Waals surface area contributed by atoms with Crippen molar-refractivity contribution < 1.29 is 33.6 Å². The van der Waals surface area contributed by atoms with Gasteiger partial charge in [0.1, 0.15) is 6.61 Å². The summed E-state index contributed by atoms with van der Waals surface area (Å²) in [5, 5.41) is 20.3. The number of nitro groups is 1. The Labute approximate surface area is 238 Å². The van der Waals surface area contributed by atoms with Gasteiger partial charge in [0, 0.05) is 30.4 Å². The first-order valence-electron chi connectivity index (χ1n) is 12.7. The standard InChI is InChI=1S/C15H12N2O5.C9H17N4O3.C3H8.Fm/c18-10-16-13-5-1-11(2-6-13)9-22-15(19)12-3-7-14(8-4-12)17(20)21;1-7(3-2-4-12-9(10)16)13-8(15)5-11-6-14;1-3-2;/h1-8,10H,9H2,(H,16,18);7H,2-5H2,1H3,(H,11,14)(H,13,15)(H3,10,12,16);3H2,1-2H3;/q;-1;;. The maximum absolute atomic E-state index is 11.8. The number of nitrogens with two attached hydrogens (primary N) is 1. The van der Waals surface area contributed by atoms with Gasteiger partial charge in [-0.15, -0.1) is 0 Å². The zero-order valence-electron chi connectivity index (χ0n) is 23.6. The van der Waals surface area contributed by atoms with Crippen molar-refractivity contribution in [2.45, 2.75) is 52.7 Å². The number of ether oxygens (including phenoxy) is 1. The molecule has 14 nitrogen and oxygen atoms in total. The van der Waals surface area contributed by atoms with Gasteiger partial charge in [-0.05, 0) is 49.6 Å². The second kappa shape index (κ2) is 22.9. The number of amides is 5. The van der Waals surface area contributed by atoms with Crippen molar-refractivity contribution in [3.8, 4) is 0 Å². The average Bonchev–Trinajstić information content (AvgIpc) is 2.94. The van der Waals surface area contributed by atoms with Crippen LogP contribution in [-0.2, 0) is 25.7 Å². The van der Waals surface area contributed by atoms with Crippen LogP contribution in [-0.4, -0.2) is 54.8 Å². The van der Waals surface area contributed by atoms with Crippen LogP contribution in [0.4, 0.5) is 16.2 Å². The molecule has 0 aliphatic carbocycles. The molecule has 0 aromatic heterocycles. The molecule has 236 valence electrons. The van der Waals surface area contributed by atoms with E-state index in [9.17, 15) is 34.1 Å². The number of esters is 1. The number of carbonyl (C=O) groups excluding carboxylic acids is 5. The predicted octanol–water partition coefficient (Wildman–Crippen LogP) is 2.53. The fourth-order valence-corrected chi connectivity index (χ4v) is 2.85. The first-order chi connectivity index (χ1) is 19.6. The van der Waals surface area contributed by atoms with Crippen LogP contribution >= 0.6 is 0 Å². The molecular formula is C27H37FmN6O8-. The molecule has 0 saturated heterocycles. The van der Waals surface area contributed by atoms with Crippen LogP contribution in [0.15, 0.2) is 48.5 Å². The van der Waals surface area contributed by atoms with Gasteiger partial charge in [-0.3, -0.25) is 19.7 Å². The summed E-state index contributed by atoms with van der Waals surface area (Å²) in [6, 6.07) is 11.4. The van der Waals surface area contributed by atoms with Crippen molar-refractivity contribution in [2.24, 2.45) is 5.73 Å². The Morgan fingerprint density at radius 1 is 1.10 bits per heavy atom. The molecule has 1 atom stereocenters. The topological polar surface area (TPSA) is 212 Å². The van der Waals surface area contributed by atoms with Crippen molar-refractivity contribution in [3.63, 3.8) is 0 Å². The molecular weight excluding hydrogens is 793 g/mol. The van der Waals surface area contributed by atoms with Crippen LogP contribution in [0.3, 0.4) is 0 Å². The number of carbonyl (C=O) groups is 4. The zero-order chi connectivity index (χ0) is 31.0. The third-order valence-corrected chi connectivity index (χ3v) is 4.70. The molecule has 2 aromatic carbocycles. The second-order valence-corrected chi connectivity index (χ2v) is 8.40.